The molecule has 0 aromatic heterocycles. The van der Waals surface area contributed by atoms with Crippen LogP contribution in [0, 0.1) is 11.8 Å². The van der Waals surface area contributed by atoms with Crippen molar-refractivity contribution in [2.45, 2.75) is 76.3 Å². The molecule has 1 saturated heterocycles. The lowest BCUT2D eigenvalue weighted by Crippen LogP contribution is -2.62. The fourth-order valence-electron chi connectivity index (χ4n) is 5.11. The van der Waals surface area contributed by atoms with E-state index in [2.05, 4.69) is 0 Å². The number of piperidine rings is 1. The quantitative estimate of drug-likeness (QED) is 0.475. The number of carbonyl (C=O) groups is 4. The molecule has 1 unspecified atom stereocenters. The smallest absolute Gasteiger partial charge is 0.336 e. The van der Waals surface area contributed by atoms with Gasteiger partial charge in [-0.1, -0.05) is 51.2 Å². The van der Waals surface area contributed by atoms with Crippen LogP contribution in [0.2, 0.25) is 0 Å². The third kappa shape index (κ3) is 5.79. The van der Waals surface area contributed by atoms with Gasteiger partial charge in [0, 0.05) is 12.3 Å². The van der Waals surface area contributed by atoms with Crippen molar-refractivity contribution in [3.05, 3.63) is 29.8 Å². The molecule has 1 aromatic rings. The number of benzene rings is 1. The first-order valence-electron chi connectivity index (χ1n) is 11.7. The monoisotopic (exact) mass is 458 g/mol. The second kappa shape index (κ2) is 10.9. The summed E-state index contributed by atoms with van der Waals surface area (Å²) in [5.74, 6) is -3.08. The van der Waals surface area contributed by atoms with Crippen LogP contribution in [0.25, 0.3) is 0 Å². The van der Waals surface area contributed by atoms with E-state index < -0.39 is 41.6 Å². The normalized spacial score (nSPS) is 23.8. The van der Waals surface area contributed by atoms with Gasteiger partial charge in [-0.3, -0.25) is 19.3 Å². The van der Waals surface area contributed by atoms with Crippen LogP contribution < -0.4 is 5.73 Å². The number of ketones is 1. The van der Waals surface area contributed by atoms with Gasteiger partial charge in [0.1, 0.15) is 5.75 Å². The van der Waals surface area contributed by atoms with Crippen LogP contribution in [-0.4, -0.2) is 52.8 Å². The van der Waals surface area contributed by atoms with E-state index in [1.165, 1.54) is 6.42 Å². The van der Waals surface area contributed by atoms with E-state index in [1.807, 2.05) is 6.92 Å². The molecule has 0 bridgehead atoms. The predicted molar refractivity (Wildman–Crippen MR) is 121 cm³/mol. The molecule has 1 aliphatic heterocycles. The van der Waals surface area contributed by atoms with E-state index in [9.17, 15) is 24.3 Å². The highest BCUT2D eigenvalue weighted by Crippen LogP contribution is 2.33. The Hall–Kier alpha value is -2.74. The van der Waals surface area contributed by atoms with E-state index in [4.69, 9.17) is 10.5 Å². The lowest BCUT2D eigenvalue weighted by Gasteiger charge is -2.37. The van der Waals surface area contributed by atoms with E-state index in [-0.39, 0.29) is 18.1 Å². The standard InChI is InChI=1S/C25H34N2O6/c1-15(17-8-10-19(28)11-9-17)12-18-14-21(29)22(25(32)33-2)27(23(18)30)24(31)20(26)13-16-6-4-3-5-7-16/h8-11,15-16,18,20,22,28H,3-7,12-14,26H2,1-2H3/t15?,18-,20+,22+/m1/s1. The second-order valence-electron chi connectivity index (χ2n) is 9.41. The number of hydrogen-bond donors (Lipinski definition) is 2. The van der Waals surface area contributed by atoms with Crippen molar-refractivity contribution in [2.24, 2.45) is 17.6 Å². The van der Waals surface area contributed by atoms with E-state index in [1.54, 1.807) is 24.3 Å². The van der Waals surface area contributed by atoms with Gasteiger partial charge in [-0.15, -0.1) is 0 Å². The first-order chi connectivity index (χ1) is 15.7. The summed E-state index contributed by atoms with van der Waals surface area (Å²) in [6, 6.07) is 4.11. The topological polar surface area (TPSA) is 127 Å². The minimum Gasteiger partial charge on any atom is -0.508 e. The van der Waals surface area contributed by atoms with Crippen molar-refractivity contribution in [1.29, 1.82) is 0 Å². The number of nitrogens with zero attached hydrogens (tertiary/aromatic N) is 1. The van der Waals surface area contributed by atoms with E-state index in [0.717, 1.165) is 43.3 Å². The number of aromatic hydroxyl groups is 1. The molecule has 1 aromatic carbocycles. The van der Waals surface area contributed by atoms with Crippen molar-refractivity contribution in [1.82, 2.24) is 4.90 Å². The number of carbonyl (C=O) groups excluding carboxylic acids is 4. The molecule has 1 aliphatic carbocycles. The molecule has 1 heterocycles. The van der Waals surface area contributed by atoms with Crippen molar-refractivity contribution >= 4 is 23.6 Å². The lowest BCUT2D eigenvalue weighted by molar-refractivity contribution is -0.169. The van der Waals surface area contributed by atoms with Crippen LogP contribution in [0.4, 0.5) is 0 Å². The number of likely N-dealkylation sites (tertiary alicyclic amines) is 1. The molecule has 3 rings (SSSR count). The maximum atomic E-state index is 13.4. The molecule has 2 amide bonds. The number of nitrogens with two attached hydrogens (primary N) is 1. The molecule has 1 saturated carbocycles. The highest BCUT2D eigenvalue weighted by atomic mass is 16.5. The van der Waals surface area contributed by atoms with Gasteiger partial charge in [-0.05, 0) is 42.4 Å². The Morgan fingerprint density at radius 3 is 2.36 bits per heavy atom. The SMILES string of the molecule is COC(=O)[C@@H]1C(=O)C[C@@H](CC(C)c2ccc(O)cc2)C(=O)N1C(=O)[C@@H](N)CC1CCCCC1. The lowest BCUT2D eigenvalue weighted by atomic mass is 9.81. The summed E-state index contributed by atoms with van der Waals surface area (Å²) < 4.78 is 4.75. The highest BCUT2D eigenvalue weighted by Gasteiger charge is 2.49. The summed E-state index contributed by atoms with van der Waals surface area (Å²) in [6.07, 6.45) is 5.95. The number of ether oxygens (including phenoxy) is 1. The fourth-order valence-corrected chi connectivity index (χ4v) is 5.11. The van der Waals surface area contributed by atoms with Gasteiger partial charge in [-0.25, -0.2) is 4.79 Å². The zero-order valence-corrected chi connectivity index (χ0v) is 19.4. The highest BCUT2D eigenvalue weighted by molar-refractivity contribution is 6.15. The van der Waals surface area contributed by atoms with Crippen molar-refractivity contribution in [3.8, 4) is 5.75 Å². The van der Waals surface area contributed by atoms with Crippen LogP contribution in [0.3, 0.4) is 0 Å². The van der Waals surface area contributed by atoms with Crippen LogP contribution in [-0.2, 0) is 23.9 Å². The summed E-state index contributed by atoms with van der Waals surface area (Å²) in [7, 11) is 1.13. The Morgan fingerprint density at radius 2 is 1.76 bits per heavy atom. The second-order valence-corrected chi connectivity index (χ2v) is 9.41. The van der Waals surface area contributed by atoms with Crippen LogP contribution >= 0.6 is 0 Å². The first kappa shape index (κ1) is 24.9. The molecule has 8 nitrogen and oxygen atoms in total. The molecule has 0 radical (unpaired) electrons. The third-order valence-corrected chi connectivity index (χ3v) is 6.99. The maximum Gasteiger partial charge on any atom is 0.336 e. The number of imide groups is 1. The summed E-state index contributed by atoms with van der Waals surface area (Å²) >= 11 is 0. The van der Waals surface area contributed by atoms with Crippen LogP contribution in [0.1, 0.15) is 69.8 Å². The van der Waals surface area contributed by atoms with E-state index in [0.29, 0.717) is 18.8 Å². The molecule has 2 aliphatic rings. The molecular formula is C25H34N2O6. The number of rotatable bonds is 7. The number of phenols is 1. The summed E-state index contributed by atoms with van der Waals surface area (Å²) in [5.41, 5.74) is 7.11. The minimum atomic E-state index is -1.58. The van der Waals surface area contributed by atoms with Crippen LogP contribution in [0.15, 0.2) is 24.3 Å². The summed E-state index contributed by atoms with van der Waals surface area (Å²) in [4.78, 5) is 52.8. The van der Waals surface area contributed by atoms with Crippen molar-refractivity contribution < 1.29 is 29.0 Å². The van der Waals surface area contributed by atoms with Gasteiger partial charge in [0.05, 0.1) is 13.2 Å². The number of Topliss-reactive ketones (excluding diaryl/α,β-unsaturated/α-hetero) is 1. The molecule has 180 valence electrons. The maximum absolute atomic E-state index is 13.4. The Morgan fingerprint density at radius 1 is 1.12 bits per heavy atom. The van der Waals surface area contributed by atoms with E-state index >= 15 is 0 Å². The largest absolute Gasteiger partial charge is 0.508 e. The Labute approximate surface area is 194 Å². The minimum absolute atomic E-state index is 0.102. The van der Waals surface area contributed by atoms with Gasteiger partial charge in [0.2, 0.25) is 11.8 Å². The molecule has 2 fully saturated rings. The first-order valence-corrected chi connectivity index (χ1v) is 11.7. The van der Waals surface area contributed by atoms with Crippen molar-refractivity contribution in [2.75, 3.05) is 7.11 Å². The number of phenolic OH excluding ortho intramolecular Hbond substituents is 1. The molecule has 3 N–H and O–H groups in total. The number of hydrogen-bond acceptors (Lipinski definition) is 7. The number of methoxy groups -OCH3 is 1. The van der Waals surface area contributed by atoms with Gasteiger partial charge in [0.15, 0.2) is 11.8 Å². The summed E-state index contributed by atoms with van der Waals surface area (Å²) in [6.45, 7) is 1.91. The predicted octanol–water partition coefficient (Wildman–Crippen LogP) is 2.67. The Balaban J connectivity index is 1.79. The van der Waals surface area contributed by atoms with Gasteiger partial charge >= 0.3 is 5.97 Å². The van der Waals surface area contributed by atoms with Crippen molar-refractivity contribution in [3.63, 3.8) is 0 Å². The number of esters is 1. The number of amides is 2. The Bertz CT molecular complexity index is 877. The molecule has 33 heavy (non-hydrogen) atoms. The average molecular weight is 459 g/mol. The fraction of sp³-hybridized carbons (Fsp3) is 0.600. The van der Waals surface area contributed by atoms with Gasteiger partial charge in [0.25, 0.3) is 0 Å². The Kier molecular flexibility index (Phi) is 8.24. The van der Waals surface area contributed by atoms with Gasteiger partial charge in [-0.2, -0.15) is 0 Å². The third-order valence-electron chi connectivity index (χ3n) is 6.99. The molecule has 0 spiro atoms. The summed E-state index contributed by atoms with van der Waals surface area (Å²) in [5, 5.41) is 9.51. The molecule has 8 heteroatoms. The molecule has 4 atom stereocenters. The zero-order chi connectivity index (χ0) is 24.1. The molecular weight excluding hydrogens is 424 g/mol. The van der Waals surface area contributed by atoms with Gasteiger partial charge < -0.3 is 15.6 Å². The average Bonchev–Trinajstić information content (AvgIpc) is 2.81. The zero-order valence-electron chi connectivity index (χ0n) is 19.4. The van der Waals surface area contributed by atoms with Crippen LogP contribution in [0.5, 0.6) is 5.75 Å².